The van der Waals surface area contributed by atoms with Gasteiger partial charge in [0, 0.05) is 0 Å². The summed E-state index contributed by atoms with van der Waals surface area (Å²) in [5.74, 6) is 0.323. The smallest absolute Gasteiger partial charge is 0.338 e. The van der Waals surface area contributed by atoms with E-state index in [1.54, 1.807) is 0 Å². The molecule has 0 amide bonds. The van der Waals surface area contributed by atoms with Crippen LogP contribution >= 0.6 is 0 Å². The molecule has 1 aromatic carbocycles. The van der Waals surface area contributed by atoms with Crippen molar-refractivity contribution in [1.29, 1.82) is 0 Å². The minimum Gasteiger partial charge on any atom is -0.484 e. The van der Waals surface area contributed by atoms with Crippen molar-refractivity contribution in [2.45, 2.75) is 44.6 Å². The minimum atomic E-state index is -4.22. The predicted molar refractivity (Wildman–Crippen MR) is 99.2 cm³/mol. The van der Waals surface area contributed by atoms with Crippen molar-refractivity contribution in [3.8, 4) is 5.75 Å². The Morgan fingerprint density at radius 1 is 1.18 bits per heavy atom. The number of carbonyl (C=O) groups is 1. The van der Waals surface area contributed by atoms with Crippen LogP contribution in [0.25, 0.3) is 0 Å². The molecule has 0 atom stereocenters. The number of halogens is 1. The third-order valence-electron chi connectivity index (χ3n) is 6.83. The third kappa shape index (κ3) is 3.76. The molecule has 8 heteroatoms. The first-order valence-electron chi connectivity index (χ1n) is 9.75. The molecule has 0 unspecified atom stereocenters. The fourth-order valence-electron chi connectivity index (χ4n) is 5.56. The molecule has 4 aliphatic rings. The van der Waals surface area contributed by atoms with E-state index < -0.39 is 39.9 Å². The van der Waals surface area contributed by atoms with Crippen LogP contribution in [0.5, 0.6) is 5.75 Å². The topological polar surface area (TPSA) is 89.9 Å². The van der Waals surface area contributed by atoms with Gasteiger partial charge in [0.05, 0.1) is 5.56 Å². The van der Waals surface area contributed by atoms with Gasteiger partial charge in [-0.1, -0.05) is 0 Å². The monoisotopic (exact) mass is 412 g/mol. The van der Waals surface area contributed by atoms with Crippen LogP contribution in [0.4, 0.5) is 4.39 Å². The van der Waals surface area contributed by atoms with Crippen molar-refractivity contribution in [2.75, 3.05) is 12.4 Å². The van der Waals surface area contributed by atoms with Crippen LogP contribution in [0.2, 0.25) is 0 Å². The predicted octanol–water partition coefficient (Wildman–Crippen LogP) is 3.46. The zero-order valence-corrected chi connectivity index (χ0v) is 16.6. The molecule has 0 saturated heterocycles. The van der Waals surface area contributed by atoms with Gasteiger partial charge in [0.2, 0.25) is 0 Å². The summed E-state index contributed by atoms with van der Waals surface area (Å²) >= 11 is 0. The first-order valence-corrected chi connectivity index (χ1v) is 11.4. The molecule has 1 N–H and O–H groups in total. The summed E-state index contributed by atoms with van der Waals surface area (Å²) in [6, 6.07) is 3.76. The highest BCUT2D eigenvalue weighted by molar-refractivity contribution is 7.85. The summed E-state index contributed by atoms with van der Waals surface area (Å²) in [6.45, 7) is 1.59. The Labute approximate surface area is 164 Å². The molecule has 4 fully saturated rings. The molecule has 0 aliphatic heterocycles. The third-order valence-corrected chi connectivity index (χ3v) is 7.51. The van der Waals surface area contributed by atoms with Crippen molar-refractivity contribution in [2.24, 2.45) is 23.7 Å². The van der Waals surface area contributed by atoms with E-state index in [0.29, 0.717) is 11.8 Å². The molecule has 0 heterocycles. The summed E-state index contributed by atoms with van der Waals surface area (Å²) in [6.07, 6.45) is 5.76. The fraction of sp³-hybridized carbons (Fsp3) is 0.650. The molecule has 0 radical (unpaired) electrons. The summed E-state index contributed by atoms with van der Waals surface area (Å²) in [5, 5.41) is 0. The first kappa shape index (κ1) is 19.6. The number of carbonyl (C=O) groups excluding carboxylic acids is 1. The number of esters is 1. The lowest BCUT2D eigenvalue weighted by atomic mass is 9.50. The van der Waals surface area contributed by atoms with Crippen LogP contribution in [0.1, 0.15) is 49.4 Å². The Balaban J connectivity index is 1.49. The van der Waals surface area contributed by atoms with Crippen molar-refractivity contribution < 1.29 is 31.6 Å². The van der Waals surface area contributed by atoms with Crippen molar-refractivity contribution >= 4 is 16.1 Å². The minimum absolute atomic E-state index is 0.0270. The molecule has 5 rings (SSSR count). The largest absolute Gasteiger partial charge is 0.484 e. The maximum atomic E-state index is 14.4. The second-order valence-electron chi connectivity index (χ2n) is 8.66. The molecule has 0 spiro atoms. The van der Waals surface area contributed by atoms with Crippen LogP contribution in [-0.4, -0.2) is 36.9 Å². The van der Waals surface area contributed by atoms with E-state index in [2.05, 4.69) is 6.92 Å². The Morgan fingerprint density at radius 2 is 1.79 bits per heavy atom. The van der Waals surface area contributed by atoms with E-state index in [-0.39, 0.29) is 11.3 Å². The quantitative estimate of drug-likeness (QED) is 0.568. The van der Waals surface area contributed by atoms with Gasteiger partial charge in [-0.15, -0.1) is 0 Å². The van der Waals surface area contributed by atoms with Crippen LogP contribution in [0.15, 0.2) is 18.2 Å². The van der Waals surface area contributed by atoms with Gasteiger partial charge in [-0.2, -0.15) is 8.42 Å². The molecular weight excluding hydrogens is 387 g/mol. The van der Waals surface area contributed by atoms with Gasteiger partial charge < -0.3 is 9.47 Å². The zero-order chi connectivity index (χ0) is 20.1. The Bertz CT molecular complexity index is 853. The van der Waals surface area contributed by atoms with Crippen LogP contribution in [0.3, 0.4) is 0 Å². The number of benzene rings is 1. The zero-order valence-electron chi connectivity index (χ0n) is 15.8. The molecule has 4 aliphatic carbocycles. The lowest BCUT2D eigenvalue weighted by molar-refractivity contribution is -0.146. The maximum Gasteiger partial charge on any atom is 0.338 e. The van der Waals surface area contributed by atoms with Gasteiger partial charge in [-0.3, -0.25) is 4.55 Å². The van der Waals surface area contributed by atoms with Gasteiger partial charge >= 0.3 is 5.97 Å². The Kier molecular flexibility index (Phi) is 4.90. The Morgan fingerprint density at radius 3 is 2.36 bits per heavy atom. The van der Waals surface area contributed by atoms with Gasteiger partial charge in [-0.25, -0.2) is 9.18 Å². The maximum absolute atomic E-state index is 14.4. The van der Waals surface area contributed by atoms with E-state index >= 15 is 0 Å². The highest BCUT2D eigenvalue weighted by Gasteiger charge is 2.56. The summed E-state index contributed by atoms with van der Waals surface area (Å²) < 4.78 is 55.7. The SMILES string of the molecule is CC1(Oc2cc(C(=O)OCCS(=O)(=O)O)ccc2F)C2CC3CC(C2)CC1C3. The van der Waals surface area contributed by atoms with Crippen LogP contribution in [0, 0.1) is 29.5 Å². The average molecular weight is 412 g/mol. The molecule has 4 bridgehead atoms. The van der Waals surface area contributed by atoms with Gasteiger partial charge in [0.15, 0.2) is 11.6 Å². The van der Waals surface area contributed by atoms with Gasteiger partial charge in [0.25, 0.3) is 10.1 Å². The lowest BCUT2D eigenvalue weighted by Gasteiger charge is -2.59. The summed E-state index contributed by atoms with van der Waals surface area (Å²) in [4.78, 5) is 12.1. The van der Waals surface area contributed by atoms with Crippen molar-refractivity contribution in [1.82, 2.24) is 0 Å². The number of rotatable bonds is 6. The molecule has 1 aromatic rings. The van der Waals surface area contributed by atoms with Gasteiger partial charge in [-0.05, 0) is 80.9 Å². The van der Waals surface area contributed by atoms with E-state index in [1.165, 1.54) is 18.6 Å². The molecule has 6 nitrogen and oxygen atoms in total. The average Bonchev–Trinajstić information content (AvgIpc) is 2.60. The van der Waals surface area contributed by atoms with E-state index in [4.69, 9.17) is 14.0 Å². The highest BCUT2D eigenvalue weighted by atomic mass is 32.2. The molecule has 28 heavy (non-hydrogen) atoms. The highest BCUT2D eigenvalue weighted by Crippen LogP contribution is 2.59. The number of ether oxygens (including phenoxy) is 2. The molecule has 154 valence electrons. The summed E-state index contributed by atoms with van der Waals surface area (Å²) in [5.41, 5.74) is -0.360. The van der Waals surface area contributed by atoms with Crippen LogP contribution in [-0.2, 0) is 14.9 Å². The number of hydrogen-bond acceptors (Lipinski definition) is 5. The Hall–Kier alpha value is -1.67. The van der Waals surface area contributed by atoms with E-state index in [1.807, 2.05) is 0 Å². The second-order valence-corrected chi connectivity index (χ2v) is 10.2. The van der Waals surface area contributed by atoms with E-state index in [0.717, 1.165) is 43.6 Å². The first-order chi connectivity index (χ1) is 13.1. The second kappa shape index (κ2) is 6.99. The van der Waals surface area contributed by atoms with E-state index in [9.17, 15) is 17.6 Å². The summed E-state index contributed by atoms with van der Waals surface area (Å²) in [7, 11) is -4.22. The normalized spacial score (nSPS) is 33.7. The van der Waals surface area contributed by atoms with Gasteiger partial charge in [0.1, 0.15) is 18.0 Å². The molecule has 4 saturated carbocycles. The molecule has 0 aromatic heterocycles. The van der Waals surface area contributed by atoms with Crippen LogP contribution < -0.4 is 4.74 Å². The molecular formula is C20H25FO6S. The number of hydrogen-bond donors (Lipinski definition) is 1. The standard InChI is InChI=1S/C20H25FO6S/c1-20(15-7-12-6-13(9-15)10-16(20)8-12)27-18-11-14(2-3-17(18)21)19(22)26-4-5-28(23,24)25/h2-3,11-13,15-16H,4-10H2,1H3,(H,23,24,25). The van der Waals surface area contributed by atoms with Crippen molar-refractivity contribution in [3.63, 3.8) is 0 Å². The van der Waals surface area contributed by atoms with Crippen molar-refractivity contribution in [3.05, 3.63) is 29.6 Å². The lowest BCUT2D eigenvalue weighted by Crippen LogP contribution is -2.59. The fourth-order valence-corrected chi connectivity index (χ4v) is 5.85.